The molecule has 0 aliphatic carbocycles. The molecule has 0 unspecified atom stereocenters. The van der Waals surface area contributed by atoms with Gasteiger partial charge in [-0.15, -0.1) is 11.3 Å². The van der Waals surface area contributed by atoms with Crippen LogP contribution in [0, 0.1) is 0 Å². The maximum absolute atomic E-state index is 11.3. The summed E-state index contributed by atoms with van der Waals surface area (Å²) in [7, 11) is 0. The molecule has 0 aliphatic heterocycles. The summed E-state index contributed by atoms with van der Waals surface area (Å²) in [6, 6.07) is 11.5. The molecule has 0 spiro atoms. The van der Waals surface area contributed by atoms with Crippen LogP contribution in [0.1, 0.15) is 9.80 Å². The first-order chi connectivity index (χ1) is 9.25. The van der Waals surface area contributed by atoms with Crippen molar-refractivity contribution in [2.24, 2.45) is 5.73 Å². The molecule has 2 heterocycles. The topological polar surface area (TPSA) is 69.1 Å². The van der Waals surface area contributed by atoms with E-state index in [1.807, 2.05) is 36.4 Å². The van der Waals surface area contributed by atoms with E-state index in [1.165, 1.54) is 11.3 Å². The average Bonchev–Trinajstić information content (AvgIpc) is 3.08. The fourth-order valence-corrected chi connectivity index (χ4v) is 2.73. The van der Waals surface area contributed by atoms with Gasteiger partial charge in [0.2, 0.25) is 0 Å². The number of aromatic nitrogens is 1. The molecule has 3 rings (SSSR count). The minimum Gasteiger partial charge on any atom is -0.472 e. The van der Waals surface area contributed by atoms with Crippen LogP contribution in [0.2, 0.25) is 0 Å². The van der Waals surface area contributed by atoms with Crippen LogP contribution in [0.4, 0.5) is 0 Å². The minimum absolute atomic E-state index is 0.301. The van der Waals surface area contributed by atoms with Crippen molar-refractivity contribution in [1.82, 2.24) is 4.98 Å². The van der Waals surface area contributed by atoms with Gasteiger partial charge in [-0.3, -0.25) is 4.79 Å². The van der Waals surface area contributed by atoms with Crippen LogP contribution >= 0.6 is 11.3 Å². The highest BCUT2D eigenvalue weighted by molar-refractivity contribution is 7.17. The van der Waals surface area contributed by atoms with Crippen LogP contribution in [0.15, 0.2) is 53.3 Å². The van der Waals surface area contributed by atoms with Gasteiger partial charge in [0.1, 0.15) is 0 Å². The van der Waals surface area contributed by atoms with Crippen LogP contribution < -0.4 is 5.73 Å². The predicted octanol–water partition coefficient (Wildman–Crippen LogP) is 3.17. The van der Waals surface area contributed by atoms with E-state index in [-0.39, 0.29) is 0 Å². The minimum atomic E-state index is -0.517. The van der Waals surface area contributed by atoms with Crippen molar-refractivity contribution in [2.45, 2.75) is 0 Å². The third-order valence-electron chi connectivity index (χ3n) is 2.67. The molecule has 0 saturated heterocycles. The Kier molecular flexibility index (Phi) is 2.89. The second-order valence-electron chi connectivity index (χ2n) is 3.94. The van der Waals surface area contributed by atoms with Crippen LogP contribution in [0.3, 0.4) is 0 Å². The molecule has 0 atom stereocenters. The van der Waals surface area contributed by atoms with Crippen molar-refractivity contribution in [1.29, 1.82) is 0 Å². The van der Waals surface area contributed by atoms with Crippen molar-refractivity contribution in [2.75, 3.05) is 0 Å². The first kappa shape index (κ1) is 11.7. The van der Waals surface area contributed by atoms with E-state index in [4.69, 9.17) is 10.2 Å². The van der Waals surface area contributed by atoms with Gasteiger partial charge in [-0.1, -0.05) is 30.3 Å². The number of benzene rings is 1. The molecule has 0 fully saturated rings. The van der Waals surface area contributed by atoms with Crippen molar-refractivity contribution in [3.05, 3.63) is 53.9 Å². The molecule has 0 bridgehead atoms. The molecular formula is C14H10N2O2S. The molecule has 94 valence electrons. The molecule has 0 saturated carbocycles. The number of amides is 1. The van der Waals surface area contributed by atoms with Gasteiger partial charge in [0.05, 0.1) is 23.1 Å². The van der Waals surface area contributed by atoms with Gasteiger partial charge in [-0.25, -0.2) is 4.98 Å². The second-order valence-corrected chi connectivity index (χ2v) is 4.94. The average molecular weight is 270 g/mol. The normalized spacial score (nSPS) is 10.5. The largest absolute Gasteiger partial charge is 0.472 e. The Morgan fingerprint density at radius 1 is 1.16 bits per heavy atom. The van der Waals surface area contributed by atoms with Gasteiger partial charge in [-0.05, 0) is 6.07 Å². The molecule has 5 heteroatoms. The highest BCUT2D eigenvalue weighted by Crippen LogP contribution is 2.36. The van der Waals surface area contributed by atoms with E-state index in [0.29, 0.717) is 5.01 Å². The number of carbonyl (C=O) groups is 1. The number of hydrogen-bond donors (Lipinski definition) is 1. The van der Waals surface area contributed by atoms with E-state index < -0.39 is 5.91 Å². The van der Waals surface area contributed by atoms with Crippen molar-refractivity contribution < 1.29 is 9.21 Å². The number of primary amides is 1. The Hall–Kier alpha value is -2.40. The molecule has 2 N–H and O–H groups in total. The van der Waals surface area contributed by atoms with Gasteiger partial charge in [-0.2, -0.15) is 0 Å². The molecule has 2 aromatic heterocycles. The lowest BCUT2D eigenvalue weighted by atomic mass is 10.1. The summed E-state index contributed by atoms with van der Waals surface area (Å²) in [6.07, 6.45) is 3.22. The summed E-state index contributed by atoms with van der Waals surface area (Å²) in [4.78, 5) is 16.5. The lowest BCUT2D eigenvalue weighted by Crippen LogP contribution is -2.10. The maximum Gasteiger partial charge on any atom is 0.277 e. The SMILES string of the molecule is NC(=O)c1nc(-c2ccccc2)c(-c2ccoc2)s1. The van der Waals surface area contributed by atoms with Crippen LogP contribution in [0.25, 0.3) is 21.7 Å². The molecule has 1 aromatic carbocycles. The molecule has 1 amide bonds. The molecule has 0 radical (unpaired) electrons. The van der Waals surface area contributed by atoms with E-state index >= 15 is 0 Å². The van der Waals surface area contributed by atoms with Crippen molar-refractivity contribution in [3.8, 4) is 21.7 Å². The number of nitrogens with zero attached hydrogens (tertiary/aromatic N) is 1. The van der Waals surface area contributed by atoms with Gasteiger partial charge in [0, 0.05) is 11.1 Å². The monoisotopic (exact) mass is 270 g/mol. The summed E-state index contributed by atoms with van der Waals surface area (Å²) in [5.74, 6) is -0.517. The Labute approximate surface area is 113 Å². The number of thiazole rings is 1. The van der Waals surface area contributed by atoms with Crippen LogP contribution in [-0.4, -0.2) is 10.9 Å². The van der Waals surface area contributed by atoms with Crippen LogP contribution in [-0.2, 0) is 0 Å². The summed E-state index contributed by atoms with van der Waals surface area (Å²) in [6.45, 7) is 0. The number of hydrogen-bond acceptors (Lipinski definition) is 4. The summed E-state index contributed by atoms with van der Waals surface area (Å²) in [5, 5.41) is 0.301. The lowest BCUT2D eigenvalue weighted by molar-refractivity contribution is 0.1000. The zero-order chi connectivity index (χ0) is 13.2. The van der Waals surface area contributed by atoms with E-state index in [9.17, 15) is 4.79 Å². The summed E-state index contributed by atoms with van der Waals surface area (Å²) in [5.41, 5.74) is 7.90. The lowest BCUT2D eigenvalue weighted by Gasteiger charge is -1.99. The molecule has 3 aromatic rings. The van der Waals surface area contributed by atoms with E-state index in [1.54, 1.807) is 12.5 Å². The van der Waals surface area contributed by atoms with Crippen molar-refractivity contribution in [3.63, 3.8) is 0 Å². The summed E-state index contributed by atoms with van der Waals surface area (Å²) >= 11 is 1.27. The third-order valence-corrected chi connectivity index (χ3v) is 3.79. The van der Waals surface area contributed by atoms with Crippen molar-refractivity contribution >= 4 is 17.2 Å². The maximum atomic E-state index is 11.3. The fourth-order valence-electron chi connectivity index (χ4n) is 1.81. The van der Waals surface area contributed by atoms with Gasteiger partial charge >= 0.3 is 0 Å². The number of rotatable bonds is 3. The third kappa shape index (κ3) is 2.15. The van der Waals surface area contributed by atoms with Crippen LogP contribution in [0.5, 0.6) is 0 Å². The predicted molar refractivity (Wildman–Crippen MR) is 73.8 cm³/mol. The number of carbonyl (C=O) groups excluding carboxylic acids is 1. The second kappa shape index (κ2) is 4.70. The smallest absolute Gasteiger partial charge is 0.277 e. The Morgan fingerprint density at radius 2 is 1.95 bits per heavy atom. The number of nitrogens with two attached hydrogens (primary N) is 1. The zero-order valence-corrected chi connectivity index (χ0v) is 10.7. The summed E-state index contributed by atoms with van der Waals surface area (Å²) < 4.78 is 5.09. The molecule has 0 aliphatic rings. The molecular weight excluding hydrogens is 260 g/mol. The fraction of sp³-hybridized carbons (Fsp3) is 0. The molecule has 4 nitrogen and oxygen atoms in total. The zero-order valence-electron chi connectivity index (χ0n) is 9.87. The Bertz CT molecular complexity index is 702. The highest BCUT2D eigenvalue weighted by Gasteiger charge is 2.17. The first-order valence-corrected chi connectivity index (χ1v) is 6.46. The van der Waals surface area contributed by atoms with E-state index in [2.05, 4.69) is 4.98 Å². The Balaban J connectivity index is 2.20. The highest BCUT2D eigenvalue weighted by atomic mass is 32.1. The quantitative estimate of drug-likeness (QED) is 0.794. The standard InChI is InChI=1S/C14H10N2O2S/c15-13(17)14-16-11(9-4-2-1-3-5-9)12(19-14)10-6-7-18-8-10/h1-8H,(H2,15,17). The van der Waals surface area contributed by atoms with E-state index in [0.717, 1.165) is 21.7 Å². The number of furan rings is 1. The Morgan fingerprint density at radius 3 is 2.58 bits per heavy atom. The molecule has 19 heavy (non-hydrogen) atoms. The first-order valence-electron chi connectivity index (χ1n) is 5.64. The van der Waals surface area contributed by atoms with Gasteiger partial charge in [0.15, 0.2) is 5.01 Å². The van der Waals surface area contributed by atoms with Gasteiger partial charge in [0.25, 0.3) is 5.91 Å². The van der Waals surface area contributed by atoms with Gasteiger partial charge < -0.3 is 10.2 Å².